The Morgan fingerprint density at radius 2 is 1.88 bits per heavy atom. The molecular formula is C12H8BrF2NS. The van der Waals surface area contributed by atoms with Crippen LogP contribution in [0.15, 0.2) is 50.7 Å². The van der Waals surface area contributed by atoms with Gasteiger partial charge in [0.05, 0.1) is 5.69 Å². The smallest absolute Gasteiger partial charge is 0.150 e. The molecule has 0 aliphatic heterocycles. The van der Waals surface area contributed by atoms with Gasteiger partial charge in [0, 0.05) is 20.3 Å². The lowest BCUT2D eigenvalue weighted by atomic mass is 10.3. The van der Waals surface area contributed by atoms with E-state index in [1.807, 2.05) is 24.3 Å². The molecule has 88 valence electrons. The highest BCUT2D eigenvalue weighted by Gasteiger charge is 2.09. The Labute approximate surface area is 110 Å². The Morgan fingerprint density at radius 1 is 1.12 bits per heavy atom. The summed E-state index contributed by atoms with van der Waals surface area (Å²) in [5.41, 5.74) is 5.53. The zero-order valence-corrected chi connectivity index (χ0v) is 11.0. The summed E-state index contributed by atoms with van der Waals surface area (Å²) >= 11 is 4.55. The maximum absolute atomic E-state index is 13.2. The van der Waals surface area contributed by atoms with Crippen LogP contribution in [-0.4, -0.2) is 0 Å². The van der Waals surface area contributed by atoms with Crippen molar-refractivity contribution in [3.8, 4) is 0 Å². The fourth-order valence-electron chi connectivity index (χ4n) is 1.30. The quantitative estimate of drug-likeness (QED) is 0.828. The average molecular weight is 316 g/mol. The highest BCUT2D eigenvalue weighted by atomic mass is 79.9. The van der Waals surface area contributed by atoms with Gasteiger partial charge in [-0.15, -0.1) is 0 Å². The molecule has 2 aromatic carbocycles. The topological polar surface area (TPSA) is 26.0 Å². The van der Waals surface area contributed by atoms with Crippen LogP contribution in [0, 0.1) is 11.6 Å². The monoisotopic (exact) mass is 315 g/mol. The molecule has 2 aromatic rings. The third-order valence-electron chi connectivity index (χ3n) is 2.08. The molecule has 0 unspecified atom stereocenters. The maximum atomic E-state index is 13.2. The third-order valence-corrected chi connectivity index (χ3v) is 3.62. The van der Waals surface area contributed by atoms with Gasteiger partial charge in [0.15, 0.2) is 0 Å². The van der Waals surface area contributed by atoms with Crippen molar-refractivity contribution in [1.29, 1.82) is 0 Å². The van der Waals surface area contributed by atoms with Crippen molar-refractivity contribution in [2.24, 2.45) is 0 Å². The summed E-state index contributed by atoms with van der Waals surface area (Å²) in [5.74, 6) is -1.36. The van der Waals surface area contributed by atoms with E-state index < -0.39 is 11.6 Å². The highest BCUT2D eigenvalue weighted by molar-refractivity contribution is 9.10. The SMILES string of the molecule is Nc1c(F)cc(F)cc1Sc1cccc(Br)c1. The summed E-state index contributed by atoms with van der Waals surface area (Å²) in [6.07, 6.45) is 0. The van der Waals surface area contributed by atoms with Gasteiger partial charge in [-0.05, 0) is 24.3 Å². The molecule has 0 aliphatic carbocycles. The van der Waals surface area contributed by atoms with E-state index >= 15 is 0 Å². The second-order valence-electron chi connectivity index (χ2n) is 3.36. The van der Waals surface area contributed by atoms with Crippen molar-refractivity contribution in [3.63, 3.8) is 0 Å². The van der Waals surface area contributed by atoms with Gasteiger partial charge in [0.25, 0.3) is 0 Å². The van der Waals surface area contributed by atoms with Crippen LogP contribution in [-0.2, 0) is 0 Å². The van der Waals surface area contributed by atoms with Gasteiger partial charge >= 0.3 is 0 Å². The molecule has 5 heteroatoms. The van der Waals surface area contributed by atoms with E-state index in [2.05, 4.69) is 15.9 Å². The molecule has 0 heterocycles. The number of benzene rings is 2. The zero-order chi connectivity index (χ0) is 12.4. The number of hydrogen-bond donors (Lipinski definition) is 1. The van der Waals surface area contributed by atoms with Crippen LogP contribution in [0.4, 0.5) is 14.5 Å². The largest absolute Gasteiger partial charge is 0.395 e. The standard InChI is InChI=1S/C12H8BrF2NS/c13-7-2-1-3-9(4-7)17-11-6-8(14)5-10(15)12(11)16/h1-6H,16H2. The van der Waals surface area contributed by atoms with Gasteiger partial charge < -0.3 is 5.73 Å². The number of hydrogen-bond acceptors (Lipinski definition) is 2. The molecule has 0 saturated carbocycles. The van der Waals surface area contributed by atoms with Gasteiger partial charge in [-0.3, -0.25) is 0 Å². The Morgan fingerprint density at radius 3 is 2.59 bits per heavy atom. The summed E-state index contributed by atoms with van der Waals surface area (Å²) in [5, 5.41) is 0. The van der Waals surface area contributed by atoms with E-state index in [0.29, 0.717) is 4.90 Å². The van der Waals surface area contributed by atoms with Crippen molar-refractivity contribution >= 4 is 33.4 Å². The van der Waals surface area contributed by atoms with E-state index in [1.54, 1.807) is 0 Å². The first-order valence-electron chi connectivity index (χ1n) is 4.74. The average Bonchev–Trinajstić information content (AvgIpc) is 2.25. The van der Waals surface area contributed by atoms with Gasteiger partial charge in [0.1, 0.15) is 11.6 Å². The molecule has 0 aromatic heterocycles. The van der Waals surface area contributed by atoms with E-state index in [-0.39, 0.29) is 5.69 Å². The number of nitrogens with two attached hydrogens (primary N) is 1. The summed E-state index contributed by atoms with van der Waals surface area (Å²) in [6, 6.07) is 9.42. The molecule has 1 nitrogen and oxygen atoms in total. The van der Waals surface area contributed by atoms with Gasteiger partial charge in [-0.2, -0.15) is 0 Å². The number of rotatable bonds is 2. The minimum atomic E-state index is -0.734. The van der Waals surface area contributed by atoms with E-state index in [4.69, 9.17) is 5.73 Å². The van der Waals surface area contributed by atoms with Crippen LogP contribution in [0.25, 0.3) is 0 Å². The van der Waals surface area contributed by atoms with Crippen LogP contribution in [0.5, 0.6) is 0 Å². The molecule has 2 rings (SSSR count). The van der Waals surface area contributed by atoms with Crippen LogP contribution in [0.2, 0.25) is 0 Å². The lowest BCUT2D eigenvalue weighted by molar-refractivity contribution is 0.581. The molecule has 2 N–H and O–H groups in total. The zero-order valence-electron chi connectivity index (χ0n) is 8.58. The second-order valence-corrected chi connectivity index (χ2v) is 5.39. The lowest BCUT2D eigenvalue weighted by Gasteiger charge is -2.07. The first-order chi connectivity index (χ1) is 8.06. The van der Waals surface area contributed by atoms with Crippen molar-refractivity contribution < 1.29 is 8.78 Å². The molecular weight excluding hydrogens is 308 g/mol. The molecule has 0 bridgehead atoms. The molecule has 0 radical (unpaired) electrons. The van der Waals surface area contributed by atoms with Gasteiger partial charge in [0.2, 0.25) is 0 Å². The fourth-order valence-corrected chi connectivity index (χ4v) is 2.82. The maximum Gasteiger partial charge on any atom is 0.150 e. The summed E-state index contributed by atoms with van der Waals surface area (Å²) in [6.45, 7) is 0. The molecule has 0 spiro atoms. The summed E-state index contributed by atoms with van der Waals surface area (Å²) in [4.78, 5) is 1.23. The summed E-state index contributed by atoms with van der Waals surface area (Å²) < 4.78 is 27.2. The Kier molecular flexibility index (Phi) is 3.69. The lowest BCUT2D eigenvalue weighted by Crippen LogP contribution is -1.94. The first-order valence-corrected chi connectivity index (χ1v) is 6.35. The third kappa shape index (κ3) is 2.98. The van der Waals surface area contributed by atoms with Crippen LogP contribution in [0.1, 0.15) is 0 Å². The van der Waals surface area contributed by atoms with E-state index in [0.717, 1.165) is 15.4 Å². The number of halogens is 3. The number of nitrogen functional groups attached to an aromatic ring is 1. The molecule has 17 heavy (non-hydrogen) atoms. The van der Waals surface area contributed by atoms with Gasteiger partial charge in [-0.1, -0.05) is 33.8 Å². The molecule has 0 fully saturated rings. The molecule has 0 atom stereocenters. The van der Waals surface area contributed by atoms with Crippen LogP contribution in [0.3, 0.4) is 0 Å². The molecule has 0 saturated heterocycles. The van der Waals surface area contributed by atoms with Crippen molar-refractivity contribution in [2.45, 2.75) is 9.79 Å². The minimum Gasteiger partial charge on any atom is -0.395 e. The van der Waals surface area contributed by atoms with E-state index in [1.165, 1.54) is 17.8 Å². The van der Waals surface area contributed by atoms with Crippen molar-refractivity contribution in [2.75, 3.05) is 5.73 Å². The normalized spacial score (nSPS) is 10.5. The summed E-state index contributed by atoms with van der Waals surface area (Å²) in [7, 11) is 0. The molecule has 0 amide bonds. The minimum absolute atomic E-state index is 0.0311. The second kappa shape index (κ2) is 5.06. The predicted octanol–water partition coefficient (Wildman–Crippen LogP) is 4.46. The Bertz CT molecular complexity index is 560. The number of anilines is 1. The molecule has 0 aliphatic rings. The van der Waals surface area contributed by atoms with Crippen molar-refractivity contribution in [1.82, 2.24) is 0 Å². The van der Waals surface area contributed by atoms with Crippen LogP contribution < -0.4 is 5.73 Å². The fraction of sp³-hybridized carbons (Fsp3) is 0. The van der Waals surface area contributed by atoms with Crippen molar-refractivity contribution in [3.05, 3.63) is 52.5 Å². The van der Waals surface area contributed by atoms with Crippen LogP contribution >= 0.6 is 27.7 Å². The Balaban J connectivity index is 2.36. The van der Waals surface area contributed by atoms with Gasteiger partial charge in [-0.25, -0.2) is 8.78 Å². The Hall–Kier alpha value is -1.07. The predicted molar refractivity (Wildman–Crippen MR) is 69.0 cm³/mol. The highest BCUT2D eigenvalue weighted by Crippen LogP contribution is 2.34. The first kappa shape index (κ1) is 12.4. The van der Waals surface area contributed by atoms with E-state index in [9.17, 15) is 8.78 Å².